The van der Waals surface area contributed by atoms with Gasteiger partial charge >= 0.3 is 0 Å². The molecule has 0 bridgehead atoms. The average Bonchev–Trinajstić information content (AvgIpc) is 2.95. The van der Waals surface area contributed by atoms with Crippen molar-refractivity contribution < 1.29 is 20.1 Å². The molecule has 1 saturated heterocycles. The first-order chi connectivity index (χ1) is 8.70. The molecule has 1 fully saturated rings. The molecule has 0 aliphatic carbocycles. The van der Waals surface area contributed by atoms with Gasteiger partial charge in [-0.2, -0.15) is 0 Å². The lowest BCUT2D eigenvalue weighted by Gasteiger charge is -2.18. The number of nitrogens with zero attached hydrogens (tertiary/aromatic N) is 4. The van der Waals surface area contributed by atoms with Crippen molar-refractivity contribution in [2.45, 2.75) is 24.5 Å². The molecule has 3 aliphatic rings. The molecule has 0 saturated carbocycles. The number of fused-ring (bicyclic) bond motifs is 1. The lowest BCUT2D eigenvalue weighted by Crippen LogP contribution is -2.33. The first kappa shape index (κ1) is 11.5. The summed E-state index contributed by atoms with van der Waals surface area (Å²) in [5.74, 6) is 0.498. The highest BCUT2D eigenvalue weighted by atomic mass is 16.6. The van der Waals surface area contributed by atoms with Crippen LogP contribution in [0.25, 0.3) is 11.5 Å². The zero-order chi connectivity index (χ0) is 12.7. The van der Waals surface area contributed by atoms with E-state index >= 15 is 0 Å². The number of hydrogen-bond donors (Lipinski definition) is 3. The number of ether oxygens (including phenoxy) is 1. The molecule has 0 radical (unpaired) electrons. The van der Waals surface area contributed by atoms with Crippen LogP contribution in [0.3, 0.4) is 0 Å². The van der Waals surface area contributed by atoms with Crippen molar-refractivity contribution in [3.8, 4) is 11.5 Å². The van der Waals surface area contributed by atoms with Gasteiger partial charge in [-0.25, -0.2) is 15.0 Å². The van der Waals surface area contributed by atoms with Gasteiger partial charge in [-0.15, -0.1) is 0 Å². The van der Waals surface area contributed by atoms with Crippen LogP contribution in [-0.2, 0) is 4.74 Å². The second-order valence-electron chi connectivity index (χ2n) is 4.13. The van der Waals surface area contributed by atoms with Gasteiger partial charge in [0.1, 0.15) is 30.3 Å². The van der Waals surface area contributed by atoms with E-state index in [0.717, 1.165) is 0 Å². The van der Waals surface area contributed by atoms with Crippen LogP contribution >= 0.6 is 0 Å². The molecule has 3 N–H and O–H groups in total. The van der Waals surface area contributed by atoms with Crippen molar-refractivity contribution >= 4 is 0 Å². The molecule has 0 aromatic heterocycles. The molecule has 3 rings (SSSR count). The van der Waals surface area contributed by atoms with E-state index < -0.39 is 24.5 Å². The smallest absolute Gasteiger partial charge is 0.182 e. The zero-order valence-electron chi connectivity index (χ0n) is 9.29. The number of rotatable bonds is 2. The van der Waals surface area contributed by atoms with Crippen LogP contribution < -0.4 is 0 Å². The Morgan fingerprint density at radius 2 is 2.06 bits per heavy atom. The summed E-state index contributed by atoms with van der Waals surface area (Å²) in [6.45, 7) is -0.360. The lowest BCUT2D eigenvalue weighted by atomic mass is 10.1. The molecule has 4 atom stereocenters. The van der Waals surface area contributed by atoms with E-state index in [4.69, 9.17) is 9.84 Å². The quantitative estimate of drug-likeness (QED) is 0.589. The van der Waals surface area contributed by atoms with Gasteiger partial charge in [0.2, 0.25) is 0 Å². The highest BCUT2D eigenvalue weighted by Crippen LogP contribution is 2.29. The van der Waals surface area contributed by atoms with Crippen molar-refractivity contribution in [2.75, 3.05) is 6.61 Å². The molecule has 18 heavy (non-hydrogen) atoms. The number of aliphatic hydroxyl groups excluding tert-OH is 3. The maximum absolute atomic E-state index is 9.86. The summed E-state index contributed by atoms with van der Waals surface area (Å²) < 4.78 is 6.87. The van der Waals surface area contributed by atoms with Gasteiger partial charge in [-0.05, 0) is 0 Å². The van der Waals surface area contributed by atoms with E-state index in [2.05, 4.69) is 15.0 Å². The van der Waals surface area contributed by atoms with Crippen LogP contribution in [0.4, 0.5) is 0 Å². The highest BCUT2D eigenvalue weighted by molar-refractivity contribution is 5.47. The van der Waals surface area contributed by atoms with Crippen LogP contribution in [0.5, 0.6) is 0 Å². The summed E-state index contributed by atoms with van der Waals surface area (Å²) in [5, 5.41) is 28.5. The second kappa shape index (κ2) is 4.25. The van der Waals surface area contributed by atoms with Gasteiger partial charge in [-0.1, -0.05) is 0 Å². The Kier molecular flexibility index (Phi) is 2.71. The summed E-state index contributed by atoms with van der Waals surface area (Å²) in [6, 6.07) is 0. The predicted molar refractivity (Wildman–Crippen MR) is 57.4 cm³/mol. The Labute approximate surface area is 102 Å². The minimum atomic E-state index is -1.13. The number of aromatic nitrogens is 4. The molecule has 0 spiro atoms. The van der Waals surface area contributed by atoms with Crippen LogP contribution in [0.2, 0.25) is 0 Å². The normalized spacial score (nSPS) is 32.2. The Morgan fingerprint density at radius 3 is 2.78 bits per heavy atom. The number of hydrogen-bond acceptors (Lipinski definition) is 7. The van der Waals surface area contributed by atoms with E-state index in [1.54, 1.807) is 6.20 Å². The Morgan fingerprint density at radius 1 is 1.22 bits per heavy atom. The van der Waals surface area contributed by atoms with E-state index in [1.807, 2.05) is 0 Å². The first-order valence-electron chi connectivity index (χ1n) is 5.47. The Bertz CT molecular complexity index is 519. The minimum Gasteiger partial charge on any atom is -0.394 e. The van der Waals surface area contributed by atoms with Gasteiger partial charge in [0.15, 0.2) is 12.1 Å². The van der Waals surface area contributed by atoms with Gasteiger partial charge in [0, 0.05) is 6.20 Å². The standard InChI is InChI=1S/C10H12N4O4/c15-2-6-7(16)8(17)10(18-6)14-1-5-9(13-4-14)12-3-11-5/h1,3-4,6-8,10,15-17H,2H2/t6-,7-,8+,10?/m1/s1. The monoisotopic (exact) mass is 252 g/mol. The maximum atomic E-state index is 9.86. The highest BCUT2D eigenvalue weighted by Gasteiger charge is 2.43. The fraction of sp³-hybridized carbons (Fsp3) is 0.500. The number of imidazole rings is 1. The van der Waals surface area contributed by atoms with Crippen LogP contribution in [0.1, 0.15) is 6.23 Å². The molecular formula is C10H12N4O4. The molecule has 0 amide bonds. The Hall–Kier alpha value is -1.61. The maximum Gasteiger partial charge on any atom is 0.182 e. The predicted octanol–water partition coefficient (Wildman–Crippen LogP) is -1.61. The summed E-state index contributed by atoms with van der Waals surface area (Å²) in [4.78, 5) is 12.0. The first-order valence-corrected chi connectivity index (χ1v) is 5.47. The van der Waals surface area contributed by atoms with Gasteiger partial charge in [0.25, 0.3) is 0 Å². The van der Waals surface area contributed by atoms with E-state index in [1.165, 1.54) is 17.2 Å². The molecule has 1 unspecified atom stereocenters. The molecule has 8 nitrogen and oxygen atoms in total. The molecule has 3 aliphatic heterocycles. The summed E-state index contributed by atoms with van der Waals surface area (Å²) in [5.41, 5.74) is 0.565. The van der Waals surface area contributed by atoms with Crippen LogP contribution in [-0.4, -0.2) is 59.8 Å². The van der Waals surface area contributed by atoms with Crippen molar-refractivity contribution in [1.29, 1.82) is 0 Å². The summed E-state index contributed by atoms with van der Waals surface area (Å²) in [7, 11) is 0. The Balaban J connectivity index is 1.93. The van der Waals surface area contributed by atoms with Crippen LogP contribution in [0, 0.1) is 0 Å². The summed E-state index contributed by atoms with van der Waals surface area (Å²) >= 11 is 0. The third-order valence-corrected chi connectivity index (χ3v) is 3.00. The van der Waals surface area contributed by atoms with Crippen molar-refractivity contribution in [2.24, 2.45) is 0 Å². The second-order valence-corrected chi connectivity index (χ2v) is 4.13. The van der Waals surface area contributed by atoms with E-state index in [9.17, 15) is 10.2 Å². The van der Waals surface area contributed by atoms with E-state index in [0.29, 0.717) is 11.5 Å². The van der Waals surface area contributed by atoms with Crippen molar-refractivity contribution in [3.05, 3.63) is 18.9 Å². The zero-order valence-corrected chi connectivity index (χ0v) is 9.29. The molecular weight excluding hydrogens is 240 g/mol. The SMILES string of the molecule is OC[C@H]1OC(n2cnc3ncnc-3c2)[C@@H](O)[C@@H]1O. The fourth-order valence-corrected chi connectivity index (χ4v) is 2.02. The van der Waals surface area contributed by atoms with Gasteiger partial charge < -0.3 is 24.6 Å². The van der Waals surface area contributed by atoms with Crippen molar-refractivity contribution in [3.63, 3.8) is 0 Å². The third kappa shape index (κ3) is 1.66. The van der Waals surface area contributed by atoms with Gasteiger partial charge in [-0.3, -0.25) is 0 Å². The number of aliphatic hydroxyl groups is 3. The van der Waals surface area contributed by atoms with Crippen LogP contribution in [0.15, 0.2) is 18.9 Å². The molecule has 3 heterocycles. The summed E-state index contributed by atoms with van der Waals surface area (Å²) in [6.07, 6.45) is 0.583. The molecule has 8 heteroatoms. The molecule has 0 aromatic carbocycles. The fourth-order valence-electron chi connectivity index (χ4n) is 2.02. The largest absolute Gasteiger partial charge is 0.394 e. The third-order valence-electron chi connectivity index (χ3n) is 3.00. The topological polar surface area (TPSA) is 114 Å². The van der Waals surface area contributed by atoms with E-state index in [-0.39, 0.29) is 6.61 Å². The lowest BCUT2D eigenvalue weighted by molar-refractivity contribution is -0.0534. The molecule has 0 aromatic rings. The molecule has 96 valence electrons. The minimum absolute atomic E-state index is 0.360. The van der Waals surface area contributed by atoms with Gasteiger partial charge in [0.05, 0.1) is 12.9 Å². The average molecular weight is 252 g/mol. The van der Waals surface area contributed by atoms with Crippen molar-refractivity contribution in [1.82, 2.24) is 19.5 Å².